The molecule has 0 bridgehead atoms. The van der Waals surface area contributed by atoms with E-state index in [1.165, 1.54) is 0 Å². The Morgan fingerprint density at radius 1 is 1.10 bits per heavy atom. The van der Waals surface area contributed by atoms with Crippen molar-refractivity contribution in [3.05, 3.63) is 83.7 Å². The number of hydrogen-bond donors (Lipinski definition) is 1. The molecule has 1 aromatic carbocycles. The Morgan fingerprint density at radius 3 is 2.66 bits per heavy atom. The molecule has 2 amide bonds. The van der Waals surface area contributed by atoms with Gasteiger partial charge in [-0.2, -0.15) is 0 Å². The summed E-state index contributed by atoms with van der Waals surface area (Å²) in [4.78, 5) is 40.2. The van der Waals surface area contributed by atoms with Crippen LogP contribution in [0, 0.1) is 6.92 Å². The zero-order chi connectivity index (χ0) is 20.2. The molecule has 1 aliphatic heterocycles. The second-order valence-corrected chi connectivity index (χ2v) is 6.95. The van der Waals surface area contributed by atoms with Crippen LogP contribution >= 0.6 is 0 Å². The van der Waals surface area contributed by atoms with Crippen LogP contribution in [0.1, 0.15) is 51.1 Å². The first-order valence-electron chi connectivity index (χ1n) is 9.54. The highest BCUT2D eigenvalue weighted by molar-refractivity contribution is 6.04. The molecule has 1 aliphatic rings. The Hall–Kier alpha value is -3.61. The molecule has 0 radical (unpaired) electrons. The van der Waals surface area contributed by atoms with Gasteiger partial charge in [0.25, 0.3) is 11.8 Å². The van der Waals surface area contributed by atoms with Crippen molar-refractivity contribution in [2.45, 2.75) is 25.8 Å². The molecule has 4 rings (SSSR count). The number of likely N-dealkylation sites (tertiary alicyclic amines) is 1. The summed E-state index contributed by atoms with van der Waals surface area (Å²) in [5, 5.41) is 2.85. The number of benzene rings is 1. The van der Waals surface area contributed by atoms with E-state index in [9.17, 15) is 9.59 Å². The molecule has 1 atom stereocenters. The van der Waals surface area contributed by atoms with Gasteiger partial charge in [0.2, 0.25) is 0 Å². The molecule has 3 heterocycles. The van der Waals surface area contributed by atoms with E-state index in [1.54, 1.807) is 42.5 Å². The first kappa shape index (κ1) is 18.7. The molecule has 0 saturated carbocycles. The number of nitrogens with one attached hydrogen (secondary N) is 1. The highest BCUT2D eigenvalue weighted by Crippen LogP contribution is 2.31. The van der Waals surface area contributed by atoms with Crippen molar-refractivity contribution >= 4 is 17.5 Å². The van der Waals surface area contributed by atoms with Gasteiger partial charge < -0.3 is 10.2 Å². The predicted octanol–water partition coefficient (Wildman–Crippen LogP) is 3.41. The minimum atomic E-state index is -0.255. The Balaban J connectivity index is 1.54. The van der Waals surface area contributed by atoms with Crippen LogP contribution in [-0.2, 0) is 0 Å². The molecule has 1 fully saturated rings. The van der Waals surface area contributed by atoms with Crippen molar-refractivity contribution in [2.24, 2.45) is 0 Å². The number of rotatable bonds is 4. The van der Waals surface area contributed by atoms with Gasteiger partial charge in [-0.15, -0.1) is 0 Å². The van der Waals surface area contributed by atoms with Gasteiger partial charge in [-0.1, -0.05) is 18.2 Å². The first-order chi connectivity index (χ1) is 14.1. The number of amides is 2. The molecule has 146 valence electrons. The van der Waals surface area contributed by atoms with E-state index in [0.29, 0.717) is 34.9 Å². The summed E-state index contributed by atoms with van der Waals surface area (Å²) in [5.41, 5.74) is 2.27. The number of carbonyl (C=O) groups is 2. The van der Waals surface area contributed by atoms with Gasteiger partial charge in [-0.05, 0) is 44.0 Å². The number of hydrogen-bond acceptors (Lipinski definition) is 5. The maximum Gasteiger partial charge on any atom is 0.259 e. The van der Waals surface area contributed by atoms with Crippen LogP contribution in [0.3, 0.4) is 0 Å². The molecule has 1 N–H and O–H groups in total. The smallest absolute Gasteiger partial charge is 0.259 e. The lowest BCUT2D eigenvalue weighted by atomic mass is 10.1. The second kappa shape index (κ2) is 8.18. The fourth-order valence-corrected chi connectivity index (χ4v) is 3.52. The quantitative estimate of drug-likeness (QED) is 0.741. The number of nitrogens with zero attached hydrogens (tertiary/aromatic N) is 4. The van der Waals surface area contributed by atoms with E-state index >= 15 is 0 Å². The van der Waals surface area contributed by atoms with Crippen LogP contribution in [0.25, 0.3) is 0 Å². The van der Waals surface area contributed by atoms with Crippen LogP contribution in [0.15, 0.2) is 61.1 Å². The molecule has 3 aromatic rings. The van der Waals surface area contributed by atoms with E-state index in [-0.39, 0.29) is 17.9 Å². The normalized spacial score (nSPS) is 15.9. The molecule has 0 aliphatic carbocycles. The largest absolute Gasteiger partial charge is 0.328 e. The van der Waals surface area contributed by atoms with Gasteiger partial charge in [-0.3, -0.25) is 14.6 Å². The standard InChI is InChI=1S/C22H21N5O2/c1-15-18(21(28)26-17-8-3-2-4-9-17)14-24-20(25-15)19-10-6-12-27(19)22(29)16-7-5-11-23-13-16/h2-5,7-9,11,13-14,19H,6,10,12H2,1H3,(H,26,28)/t19-/m0/s1. The highest BCUT2D eigenvalue weighted by Gasteiger charge is 2.33. The molecule has 29 heavy (non-hydrogen) atoms. The van der Waals surface area contributed by atoms with Crippen molar-refractivity contribution in [1.82, 2.24) is 19.9 Å². The lowest BCUT2D eigenvalue weighted by molar-refractivity contribution is 0.0728. The van der Waals surface area contributed by atoms with Gasteiger partial charge in [-0.25, -0.2) is 9.97 Å². The van der Waals surface area contributed by atoms with Gasteiger partial charge in [0, 0.05) is 30.8 Å². The summed E-state index contributed by atoms with van der Waals surface area (Å²) in [6.07, 6.45) is 6.43. The third kappa shape index (κ3) is 3.99. The number of anilines is 1. The Kier molecular flexibility index (Phi) is 5.29. The first-order valence-corrected chi connectivity index (χ1v) is 9.54. The van der Waals surface area contributed by atoms with Crippen molar-refractivity contribution in [2.75, 3.05) is 11.9 Å². The zero-order valence-corrected chi connectivity index (χ0v) is 16.1. The van der Waals surface area contributed by atoms with Gasteiger partial charge in [0.05, 0.1) is 22.9 Å². The van der Waals surface area contributed by atoms with E-state index in [4.69, 9.17) is 0 Å². The minimum Gasteiger partial charge on any atom is -0.328 e. The summed E-state index contributed by atoms with van der Waals surface area (Å²) in [7, 11) is 0. The minimum absolute atomic E-state index is 0.0762. The van der Waals surface area contributed by atoms with Crippen LogP contribution in [0.4, 0.5) is 5.69 Å². The molecular weight excluding hydrogens is 366 g/mol. The average molecular weight is 387 g/mol. The van der Waals surface area contributed by atoms with E-state index in [0.717, 1.165) is 12.8 Å². The number of carbonyl (C=O) groups excluding carboxylic acids is 2. The monoisotopic (exact) mass is 387 g/mol. The molecule has 0 unspecified atom stereocenters. The fourth-order valence-electron chi connectivity index (χ4n) is 3.52. The maximum absolute atomic E-state index is 12.9. The van der Waals surface area contributed by atoms with E-state index < -0.39 is 0 Å². The van der Waals surface area contributed by atoms with Crippen LogP contribution in [-0.4, -0.2) is 38.2 Å². The van der Waals surface area contributed by atoms with Gasteiger partial charge in [0.1, 0.15) is 0 Å². The van der Waals surface area contributed by atoms with E-state index in [2.05, 4.69) is 20.3 Å². The molecule has 1 saturated heterocycles. The van der Waals surface area contributed by atoms with E-state index in [1.807, 2.05) is 30.3 Å². The Morgan fingerprint density at radius 2 is 1.93 bits per heavy atom. The third-order valence-electron chi connectivity index (χ3n) is 4.99. The Bertz CT molecular complexity index is 1020. The summed E-state index contributed by atoms with van der Waals surface area (Å²) < 4.78 is 0. The van der Waals surface area contributed by atoms with Crippen molar-refractivity contribution in [1.29, 1.82) is 0 Å². The molecule has 7 heteroatoms. The van der Waals surface area contributed by atoms with Crippen LogP contribution < -0.4 is 5.32 Å². The number of aryl methyl sites for hydroxylation is 1. The van der Waals surface area contributed by atoms with Crippen molar-refractivity contribution < 1.29 is 9.59 Å². The summed E-state index contributed by atoms with van der Waals surface area (Å²) in [6.45, 7) is 2.43. The number of pyridine rings is 1. The third-order valence-corrected chi connectivity index (χ3v) is 4.99. The highest BCUT2D eigenvalue weighted by atomic mass is 16.2. The van der Waals surface area contributed by atoms with Gasteiger partial charge in [0.15, 0.2) is 5.82 Å². The number of para-hydroxylation sites is 1. The summed E-state index contributed by atoms with van der Waals surface area (Å²) >= 11 is 0. The molecular formula is C22H21N5O2. The Labute approximate surface area is 168 Å². The molecule has 7 nitrogen and oxygen atoms in total. The van der Waals surface area contributed by atoms with Crippen molar-refractivity contribution in [3.63, 3.8) is 0 Å². The molecule has 2 aromatic heterocycles. The summed E-state index contributed by atoms with van der Waals surface area (Å²) in [5.74, 6) is 0.233. The SMILES string of the molecule is Cc1nc([C@@H]2CCCN2C(=O)c2cccnc2)ncc1C(=O)Nc1ccccc1. The zero-order valence-electron chi connectivity index (χ0n) is 16.1. The van der Waals surface area contributed by atoms with Crippen LogP contribution in [0.5, 0.6) is 0 Å². The number of aromatic nitrogens is 3. The van der Waals surface area contributed by atoms with Crippen molar-refractivity contribution in [3.8, 4) is 0 Å². The second-order valence-electron chi connectivity index (χ2n) is 6.95. The predicted molar refractivity (Wildman–Crippen MR) is 108 cm³/mol. The fraction of sp³-hybridized carbons (Fsp3) is 0.227. The van der Waals surface area contributed by atoms with Gasteiger partial charge >= 0.3 is 0 Å². The lowest BCUT2D eigenvalue weighted by Gasteiger charge is -2.24. The lowest BCUT2D eigenvalue weighted by Crippen LogP contribution is -2.31. The molecule has 0 spiro atoms. The summed E-state index contributed by atoms with van der Waals surface area (Å²) in [6, 6.07) is 12.6. The van der Waals surface area contributed by atoms with Crippen LogP contribution in [0.2, 0.25) is 0 Å². The maximum atomic E-state index is 12.9. The average Bonchev–Trinajstić information content (AvgIpc) is 3.24. The topological polar surface area (TPSA) is 88.1 Å².